The molecule has 0 fully saturated rings. The molecule has 0 bridgehead atoms. The molecule has 0 atom stereocenters. The SMILES string of the molecule is COc1ccc(C(=O)NCCc2nnc(N)s2)cc1OC. The summed E-state index contributed by atoms with van der Waals surface area (Å²) in [6.45, 7) is 0.460. The quantitative estimate of drug-likeness (QED) is 0.829. The van der Waals surface area contributed by atoms with Crippen molar-refractivity contribution in [1.29, 1.82) is 0 Å². The number of carbonyl (C=O) groups excluding carboxylic acids is 1. The third kappa shape index (κ3) is 3.82. The summed E-state index contributed by atoms with van der Waals surface area (Å²) in [4.78, 5) is 12.0. The number of nitrogens with zero attached hydrogens (tertiary/aromatic N) is 2. The number of nitrogens with two attached hydrogens (primary N) is 1. The Labute approximate surface area is 126 Å². The second-order valence-corrected chi connectivity index (χ2v) is 5.20. The number of benzene rings is 1. The largest absolute Gasteiger partial charge is 0.493 e. The van der Waals surface area contributed by atoms with Crippen LogP contribution in [0.1, 0.15) is 15.4 Å². The fraction of sp³-hybridized carbons (Fsp3) is 0.308. The first-order chi connectivity index (χ1) is 10.1. The van der Waals surface area contributed by atoms with Crippen LogP contribution in [-0.4, -0.2) is 36.9 Å². The Morgan fingerprint density at radius 1 is 1.29 bits per heavy atom. The van der Waals surface area contributed by atoms with Crippen LogP contribution in [0.25, 0.3) is 0 Å². The van der Waals surface area contributed by atoms with Crippen LogP contribution in [-0.2, 0) is 6.42 Å². The Kier molecular flexibility index (Phi) is 4.94. The van der Waals surface area contributed by atoms with E-state index in [1.54, 1.807) is 25.3 Å². The Hall–Kier alpha value is -2.35. The maximum atomic E-state index is 12.0. The first-order valence-electron chi connectivity index (χ1n) is 6.22. The normalized spacial score (nSPS) is 10.2. The summed E-state index contributed by atoms with van der Waals surface area (Å²) < 4.78 is 10.3. The third-order valence-corrected chi connectivity index (χ3v) is 3.56. The van der Waals surface area contributed by atoms with Crippen LogP contribution < -0.4 is 20.5 Å². The average Bonchev–Trinajstić information content (AvgIpc) is 2.91. The average molecular weight is 308 g/mol. The van der Waals surface area contributed by atoms with E-state index >= 15 is 0 Å². The summed E-state index contributed by atoms with van der Waals surface area (Å²) >= 11 is 1.31. The lowest BCUT2D eigenvalue weighted by Crippen LogP contribution is -2.25. The first-order valence-corrected chi connectivity index (χ1v) is 7.03. The number of nitrogen functional groups attached to an aromatic ring is 1. The molecular formula is C13H16N4O3S. The molecular weight excluding hydrogens is 292 g/mol. The lowest BCUT2D eigenvalue weighted by molar-refractivity contribution is 0.0953. The van der Waals surface area contributed by atoms with E-state index in [1.807, 2.05) is 0 Å². The van der Waals surface area contributed by atoms with Gasteiger partial charge < -0.3 is 20.5 Å². The highest BCUT2D eigenvalue weighted by atomic mass is 32.1. The second-order valence-electron chi connectivity index (χ2n) is 4.11. The van der Waals surface area contributed by atoms with Crippen molar-refractivity contribution in [2.75, 3.05) is 26.5 Å². The number of ether oxygens (including phenoxy) is 2. The minimum absolute atomic E-state index is 0.187. The fourth-order valence-electron chi connectivity index (χ4n) is 1.73. The van der Waals surface area contributed by atoms with Crippen molar-refractivity contribution in [3.05, 3.63) is 28.8 Å². The molecule has 1 aromatic heterocycles. The molecule has 112 valence electrons. The molecule has 0 aliphatic carbocycles. The number of rotatable bonds is 6. The summed E-state index contributed by atoms with van der Waals surface area (Å²) in [5.41, 5.74) is 6.00. The molecule has 3 N–H and O–H groups in total. The monoisotopic (exact) mass is 308 g/mol. The van der Waals surface area contributed by atoms with E-state index in [-0.39, 0.29) is 5.91 Å². The predicted octanol–water partition coefficient (Wildman–Crippen LogP) is 1.11. The molecule has 2 rings (SSSR count). The highest BCUT2D eigenvalue weighted by Gasteiger charge is 2.10. The highest BCUT2D eigenvalue weighted by Crippen LogP contribution is 2.27. The van der Waals surface area contributed by atoms with Crippen molar-refractivity contribution in [3.8, 4) is 11.5 Å². The molecule has 21 heavy (non-hydrogen) atoms. The van der Waals surface area contributed by atoms with Gasteiger partial charge in [-0.25, -0.2) is 0 Å². The van der Waals surface area contributed by atoms with Gasteiger partial charge in [-0.15, -0.1) is 10.2 Å². The number of nitrogens with one attached hydrogen (secondary N) is 1. The highest BCUT2D eigenvalue weighted by molar-refractivity contribution is 7.15. The summed E-state index contributed by atoms with van der Waals surface area (Å²) in [5.74, 6) is 0.911. The van der Waals surface area contributed by atoms with Gasteiger partial charge in [0, 0.05) is 18.5 Å². The van der Waals surface area contributed by atoms with Crippen LogP contribution in [0.15, 0.2) is 18.2 Å². The molecule has 0 aliphatic rings. The molecule has 0 saturated heterocycles. The Morgan fingerprint density at radius 2 is 2.05 bits per heavy atom. The minimum atomic E-state index is -0.187. The molecule has 0 aliphatic heterocycles. The molecule has 7 nitrogen and oxygen atoms in total. The van der Waals surface area contributed by atoms with Gasteiger partial charge in [-0.05, 0) is 18.2 Å². The van der Waals surface area contributed by atoms with Crippen molar-refractivity contribution >= 4 is 22.4 Å². The van der Waals surface area contributed by atoms with Crippen molar-refractivity contribution in [2.24, 2.45) is 0 Å². The van der Waals surface area contributed by atoms with Crippen LogP contribution in [0.3, 0.4) is 0 Å². The standard InChI is InChI=1S/C13H16N4O3S/c1-19-9-4-3-8(7-10(9)20-2)12(18)15-6-5-11-16-17-13(14)21-11/h3-4,7H,5-6H2,1-2H3,(H2,14,17)(H,15,18). The van der Waals surface area contributed by atoms with Crippen LogP contribution in [0.2, 0.25) is 0 Å². The predicted molar refractivity (Wildman–Crippen MR) is 79.9 cm³/mol. The molecule has 8 heteroatoms. The number of hydrogen-bond acceptors (Lipinski definition) is 7. The lowest BCUT2D eigenvalue weighted by atomic mass is 10.2. The molecule has 0 saturated carbocycles. The van der Waals surface area contributed by atoms with E-state index in [0.29, 0.717) is 35.2 Å². The van der Waals surface area contributed by atoms with E-state index in [0.717, 1.165) is 5.01 Å². The zero-order valence-electron chi connectivity index (χ0n) is 11.8. The van der Waals surface area contributed by atoms with Crippen LogP contribution >= 0.6 is 11.3 Å². The molecule has 0 spiro atoms. The van der Waals surface area contributed by atoms with Crippen molar-refractivity contribution in [3.63, 3.8) is 0 Å². The number of amides is 1. The summed E-state index contributed by atoms with van der Waals surface area (Å²) in [6, 6.07) is 5.01. The van der Waals surface area contributed by atoms with E-state index in [1.165, 1.54) is 18.4 Å². The maximum Gasteiger partial charge on any atom is 0.251 e. The number of anilines is 1. The molecule has 1 aromatic carbocycles. The molecule has 2 aromatic rings. The molecule has 0 radical (unpaired) electrons. The number of aromatic nitrogens is 2. The van der Waals surface area contributed by atoms with E-state index < -0.39 is 0 Å². The van der Waals surface area contributed by atoms with Gasteiger partial charge >= 0.3 is 0 Å². The summed E-state index contributed by atoms with van der Waals surface area (Å²) in [5, 5.41) is 11.6. The maximum absolute atomic E-state index is 12.0. The van der Waals surface area contributed by atoms with Crippen LogP contribution in [0.4, 0.5) is 5.13 Å². The Balaban J connectivity index is 1.93. The van der Waals surface area contributed by atoms with Crippen LogP contribution in [0, 0.1) is 0 Å². The molecule has 1 amide bonds. The van der Waals surface area contributed by atoms with E-state index in [4.69, 9.17) is 15.2 Å². The summed E-state index contributed by atoms with van der Waals surface area (Å²) in [6.07, 6.45) is 0.591. The Bertz CT molecular complexity index is 630. The zero-order valence-corrected chi connectivity index (χ0v) is 12.6. The summed E-state index contributed by atoms with van der Waals surface area (Å²) in [7, 11) is 3.07. The van der Waals surface area contributed by atoms with Gasteiger partial charge in [-0.3, -0.25) is 4.79 Å². The van der Waals surface area contributed by atoms with Gasteiger partial charge in [0.2, 0.25) is 5.13 Å². The number of hydrogen-bond donors (Lipinski definition) is 2. The smallest absolute Gasteiger partial charge is 0.251 e. The van der Waals surface area contributed by atoms with Crippen molar-refractivity contribution in [2.45, 2.75) is 6.42 Å². The third-order valence-electron chi connectivity index (χ3n) is 2.75. The van der Waals surface area contributed by atoms with Crippen molar-refractivity contribution in [1.82, 2.24) is 15.5 Å². The van der Waals surface area contributed by atoms with Gasteiger partial charge in [-0.2, -0.15) is 0 Å². The lowest BCUT2D eigenvalue weighted by Gasteiger charge is -2.09. The Morgan fingerprint density at radius 3 is 2.67 bits per heavy atom. The van der Waals surface area contributed by atoms with Gasteiger partial charge in [0.25, 0.3) is 5.91 Å². The van der Waals surface area contributed by atoms with Gasteiger partial charge in [-0.1, -0.05) is 11.3 Å². The van der Waals surface area contributed by atoms with E-state index in [9.17, 15) is 4.79 Å². The first kappa shape index (κ1) is 15.0. The second kappa shape index (κ2) is 6.89. The van der Waals surface area contributed by atoms with Gasteiger partial charge in [0.15, 0.2) is 11.5 Å². The molecule has 1 heterocycles. The van der Waals surface area contributed by atoms with Gasteiger partial charge in [0.05, 0.1) is 14.2 Å². The zero-order chi connectivity index (χ0) is 15.2. The topological polar surface area (TPSA) is 99.4 Å². The van der Waals surface area contributed by atoms with Crippen molar-refractivity contribution < 1.29 is 14.3 Å². The fourth-order valence-corrected chi connectivity index (χ4v) is 2.34. The van der Waals surface area contributed by atoms with Crippen LogP contribution in [0.5, 0.6) is 11.5 Å². The molecule has 0 unspecified atom stereocenters. The minimum Gasteiger partial charge on any atom is -0.493 e. The number of methoxy groups -OCH3 is 2. The van der Waals surface area contributed by atoms with Gasteiger partial charge in [0.1, 0.15) is 5.01 Å². The number of carbonyl (C=O) groups is 1. The van der Waals surface area contributed by atoms with E-state index in [2.05, 4.69) is 15.5 Å².